The van der Waals surface area contributed by atoms with Crippen molar-refractivity contribution >= 4 is 22.6 Å². The van der Waals surface area contributed by atoms with Crippen LogP contribution in [0.4, 0.5) is 0 Å². The third-order valence-electron chi connectivity index (χ3n) is 6.42. The average molecular weight is 394 g/mol. The van der Waals surface area contributed by atoms with Gasteiger partial charge in [-0.3, -0.25) is 0 Å². The van der Waals surface area contributed by atoms with Gasteiger partial charge in [0, 0.05) is 5.41 Å². The molecular formula is C19H23IO. The van der Waals surface area contributed by atoms with E-state index in [-0.39, 0.29) is 0 Å². The van der Waals surface area contributed by atoms with Gasteiger partial charge in [-0.25, -0.2) is 0 Å². The summed E-state index contributed by atoms with van der Waals surface area (Å²) in [4.78, 5) is 0. The Balaban J connectivity index is 1.69. The fourth-order valence-electron chi connectivity index (χ4n) is 5.20. The number of aryl methyl sites for hydroxylation is 1. The van der Waals surface area contributed by atoms with E-state index in [0.717, 1.165) is 23.5 Å². The van der Waals surface area contributed by atoms with E-state index in [1.807, 2.05) is 0 Å². The molecule has 4 rings (SSSR count). The molecule has 21 heavy (non-hydrogen) atoms. The zero-order valence-corrected chi connectivity index (χ0v) is 15.0. The van der Waals surface area contributed by atoms with Crippen LogP contribution in [0.25, 0.3) is 0 Å². The highest BCUT2D eigenvalue weighted by Crippen LogP contribution is 2.62. The molecule has 1 nitrogen and oxygen atoms in total. The van der Waals surface area contributed by atoms with Crippen LogP contribution in [0.1, 0.15) is 49.7 Å². The minimum atomic E-state index is 0.478. The third kappa shape index (κ3) is 2.01. The Bertz CT molecular complexity index is 606. The summed E-state index contributed by atoms with van der Waals surface area (Å²) < 4.78 is 7.04. The number of allylic oxidation sites excluding steroid dienone is 2. The van der Waals surface area contributed by atoms with Crippen LogP contribution in [0.3, 0.4) is 0 Å². The van der Waals surface area contributed by atoms with Crippen molar-refractivity contribution in [3.63, 3.8) is 0 Å². The molecule has 0 unspecified atom stereocenters. The normalized spacial score (nSPS) is 37.3. The van der Waals surface area contributed by atoms with Crippen LogP contribution >= 0.6 is 22.6 Å². The molecule has 2 heteroatoms. The molecule has 0 amide bonds. The van der Waals surface area contributed by atoms with Crippen molar-refractivity contribution in [2.75, 3.05) is 7.11 Å². The molecular weight excluding hydrogens is 371 g/mol. The Hall–Kier alpha value is -0.510. The molecule has 1 saturated carbocycles. The lowest BCUT2D eigenvalue weighted by Gasteiger charge is -2.49. The maximum absolute atomic E-state index is 5.41. The first kappa shape index (κ1) is 14.1. The second-order valence-corrected chi connectivity index (χ2v) is 8.39. The first-order chi connectivity index (χ1) is 10.1. The second-order valence-electron chi connectivity index (χ2n) is 7.22. The van der Waals surface area contributed by atoms with E-state index in [9.17, 15) is 0 Å². The summed E-state index contributed by atoms with van der Waals surface area (Å²) in [5.74, 6) is 3.56. The van der Waals surface area contributed by atoms with Gasteiger partial charge >= 0.3 is 0 Å². The number of methoxy groups -OCH3 is 1. The molecule has 0 aliphatic heterocycles. The smallest absolute Gasteiger partial charge is 0.119 e. The molecule has 0 radical (unpaired) electrons. The number of rotatable bonds is 1. The molecule has 3 aliphatic rings. The Morgan fingerprint density at radius 3 is 2.95 bits per heavy atom. The van der Waals surface area contributed by atoms with Crippen molar-refractivity contribution in [2.24, 2.45) is 17.3 Å². The average Bonchev–Trinajstić information content (AvgIpc) is 2.82. The third-order valence-corrected chi connectivity index (χ3v) is 8.09. The Morgan fingerprint density at radius 1 is 1.29 bits per heavy atom. The highest BCUT2D eigenvalue weighted by Gasteiger charge is 2.51. The predicted octanol–water partition coefficient (Wildman–Crippen LogP) is 5.48. The van der Waals surface area contributed by atoms with Gasteiger partial charge in [0.05, 0.1) is 7.11 Å². The molecule has 0 bridgehead atoms. The summed E-state index contributed by atoms with van der Waals surface area (Å²) in [6.07, 6.45) is 9.13. The Labute approximate surface area is 141 Å². The topological polar surface area (TPSA) is 9.23 Å². The van der Waals surface area contributed by atoms with Gasteiger partial charge in [0.1, 0.15) is 5.75 Å². The predicted molar refractivity (Wildman–Crippen MR) is 95.1 cm³/mol. The first-order valence-corrected chi connectivity index (χ1v) is 9.24. The van der Waals surface area contributed by atoms with Crippen LogP contribution < -0.4 is 4.74 Å². The van der Waals surface area contributed by atoms with E-state index in [1.165, 1.54) is 32.1 Å². The summed E-state index contributed by atoms with van der Waals surface area (Å²) in [5, 5.41) is 0. The molecule has 0 aromatic heterocycles. The number of hydrogen-bond acceptors (Lipinski definition) is 1. The van der Waals surface area contributed by atoms with Gasteiger partial charge < -0.3 is 4.74 Å². The summed E-state index contributed by atoms with van der Waals surface area (Å²) in [7, 11) is 1.77. The van der Waals surface area contributed by atoms with Crippen molar-refractivity contribution < 1.29 is 4.74 Å². The fourth-order valence-corrected chi connectivity index (χ4v) is 6.12. The van der Waals surface area contributed by atoms with Gasteiger partial charge in [0.2, 0.25) is 0 Å². The number of halogens is 1. The molecule has 0 heterocycles. The Morgan fingerprint density at radius 2 is 2.14 bits per heavy atom. The number of hydrogen-bond donors (Lipinski definition) is 0. The quantitative estimate of drug-likeness (QED) is 0.573. The Kier molecular flexibility index (Phi) is 3.36. The largest absolute Gasteiger partial charge is 0.497 e. The number of ether oxygens (including phenoxy) is 1. The first-order valence-electron chi connectivity index (χ1n) is 8.16. The molecule has 0 N–H and O–H groups in total. The molecule has 1 aromatic carbocycles. The van der Waals surface area contributed by atoms with Crippen molar-refractivity contribution in [1.29, 1.82) is 0 Å². The number of benzene rings is 1. The maximum Gasteiger partial charge on any atom is 0.119 e. The zero-order valence-electron chi connectivity index (χ0n) is 12.9. The minimum absolute atomic E-state index is 0.478. The lowest BCUT2D eigenvalue weighted by atomic mass is 9.56. The fraction of sp³-hybridized carbons (Fsp3) is 0.579. The summed E-state index contributed by atoms with van der Waals surface area (Å²) in [6.45, 7) is 2.52. The highest BCUT2D eigenvalue weighted by molar-refractivity contribution is 14.1. The molecule has 112 valence electrons. The summed E-state index contributed by atoms with van der Waals surface area (Å²) in [5.41, 5.74) is 3.64. The van der Waals surface area contributed by atoms with Crippen molar-refractivity contribution in [2.45, 2.75) is 44.9 Å². The molecule has 0 saturated heterocycles. The zero-order chi connectivity index (χ0) is 14.6. The molecule has 0 spiro atoms. The SMILES string of the molecule is COc1ccc2c(c1)CC[C@@H]1[C@H]3CC=C(I)[C@]3(C)CC[C@@H]21. The number of fused-ring (bicyclic) bond motifs is 5. The van der Waals surface area contributed by atoms with Crippen LogP contribution in [0.2, 0.25) is 0 Å². The lowest BCUT2D eigenvalue weighted by molar-refractivity contribution is 0.0815. The molecule has 3 aliphatic carbocycles. The van der Waals surface area contributed by atoms with Crippen LogP contribution in [-0.2, 0) is 6.42 Å². The van der Waals surface area contributed by atoms with Crippen LogP contribution in [-0.4, -0.2) is 7.11 Å². The highest BCUT2D eigenvalue weighted by atomic mass is 127. The summed E-state index contributed by atoms with van der Waals surface area (Å²) >= 11 is 2.60. The van der Waals surface area contributed by atoms with Crippen molar-refractivity contribution in [1.82, 2.24) is 0 Å². The van der Waals surface area contributed by atoms with Crippen molar-refractivity contribution in [3.05, 3.63) is 39.0 Å². The maximum atomic E-state index is 5.41. The van der Waals surface area contributed by atoms with Crippen LogP contribution in [0.15, 0.2) is 27.9 Å². The molecule has 1 aromatic rings. The minimum Gasteiger partial charge on any atom is -0.497 e. The van der Waals surface area contributed by atoms with Crippen LogP contribution in [0, 0.1) is 17.3 Å². The standard InChI is InChI=1S/C19H23IO/c1-19-10-9-15-14-6-4-13(21-2)11-12(14)3-5-16(15)17(19)7-8-18(19)20/h4,6,8,11,15-17H,3,5,7,9-10H2,1-2H3/t15-,16-,17+,19+/m0/s1. The van der Waals surface area contributed by atoms with E-state index < -0.39 is 0 Å². The van der Waals surface area contributed by atoms with Gasteiger partial charge in [0.15, 0.2) is 0 Å². The van der Waals surface area contributed by atoms with E-state index >= 15 is 0 Å². The van der Waals surface area contributed by atoms with Gasteiger partial charge in [-0.05, 0) is 99.3 Å². The summed E-state index contributed by atoms with van der Waals surface area (Å²) in [6, 6.07) is 6.78. The molecule has 1 fully saturated rings. The van der Waals surface area contributed by atoms with E-state index in [0.29, 0.717) is 5.41 Å². The van der Waals surface area contributed by atoms with Gasteiger partial charge in [0.25, 0.3) is 0 Å². The van der Waals surface area contributed by atoms with E-state index in [2.05, 4.69) is 53.8 Å². The van der Waals surface area contributed by atoms with E-state index in [1.54, 1.807) is 21.8 Å². The van der Waals surface area contributed by atoms with E-state index in [4.69, 9.17) is 4.74 Å². The second kappa shape index (κ2) is 5.00. The van der Waals surface area contributed by atoms with Crippen LogP contribution in [0.5, 0.6) is 5.75 Å². The van der Waals surface area contributed by atoms with Gasteiger partial charge in [-0.1, -0.05) is 19.1 Å². The van der Waals surface area contributed by atoms with Gasteiger partial charge in [-0.15, -0.1) is 0 Å². The monoisotopic (exact) mass is 394 g/mol. The van der Waals surface area contributed by atoms with Crippen molar-refractivity contribution in [3.8, 4) is 5.75 Å². The lowest BCUT2D eigenvalue weighted by Crippen LogP contribution is -2.40. The molecule has 4 atom stereocenters. The van der Waals surface area contributed by atoms with Gasteiger partial charge in [-0.2, -0.15) is 0 Å².